The second-order valence-electron chi connectivity index (χ2n) is 4.84. The lowest BCUT2D eigenvalue weighted by Gasteiger charge is -2.21. The number of nitrogens with zero attached hydrogens (tertiary/aromatic N) is 1. The molecular weight excluding hydrogens is 258 g/mol. The SMILES string of the molecule is CCN(CC)CC(O)COCc1ccc2c(c1)OCO2. The van der Waals surface area contributed by atoms with Crippen LogP contribution in [0.2, 0.25) is 0 Å². The monoisotopic (exact) mass is 281 g/mol. The highest BCUT2D eigenvalue weighted by molar-refractivity contribution is 5.44. The highest BCUT2D eigenvalue weighted by Crippen LogP contribution is 2.32. The summed E-state index contributed by atoms with van der Waals surface area (Å²) >= 11 is 0. The van der Waals surface area contributed by atoms with E-state index in [1.165, 1.54) is 0 Å². The third-order valence-electron chi connectivity index (χ3n) is 3.38. The lowest BCUT2D eigenvalue weighted by molar-refractivity contribution is 0.0114. The number of likely N-dealkylation sites (N-methyl/N-ethyl adjacent to an activating group) is 1. The fraction of sp³-hybridized carbons (Fsp3) is 0.600. The van der Waals surface area contributed by atoms with Crippen LogP contribution >= 0.6 is 0 Å². The molecule has 0 saturated carbocycles. The summed E-state index contributed by atoms with van der Waals surface area (Å²) in [6.07, 6.45) is -0.455. The second-order valence-corrected chi connectivity index (χ2v) is 4.84. The molecule has 0 radical (unpaired) electrons. The Kier molecular flexibility index (Phi) is 5.64. The van der Waals surface area contributed by atoms with Crippen LogP contribution in [-0.4, -0.2) is 49.1 Å². The minimum absolute atomic E-state index is 0.280. The lowest BCUT2D eigenvalue weighted by atomic mass is 10.2. The van der Waals surface area contributed by atoms with Crippen molar-refractivity contribution in [1.29, 1.82) is 0 Å². The van der Waals surface area contributed by atoms with E-state index in [0.717, 1.165) is 30.2 Å². The predicted molar refractivity (Wildman–Crippen MR) is 76.0 cm³/mol. The normalized spacial score (nSPS) is 14.8. The zero-order valence-corrected chi connectivity index (χ0v) is 12.2. The molecule has 0 aliphatic carbocycles. The van der Waals surface area contributed by atoms with Crippen LogP contribution in [0.1, 0.15) is 19.4 Å². The van der Waals surface area contributed by atoms with Crippen LogP contribution in [0.15, 0.2) is 18.2 Å². The Morgan fingerprint density at radius 3 is 2.75 bits per heavy atom. The Morgan fingerprint density at radius 1 is 1.25 bits per heavy atom. The van der Waals surface area contributed by atoms with Crippen molar-refractivity contribution < 1.29 is 19.3 Å². The van der Waals surface area contributed by atoms with Gasteiger partial charge in [0.05, 0.1) is 19.3 Å². The van der Waals surface area contributed by atoms with E-state index in [0.29, 0.717) is 19.8 Å². The van der Waals surface area contributed by atoms with Gasteiger partial charge in [0, 0.05) is 6.54 Å². The molecule has 1 aromatic carbocycles. The Bertz CT molecular complexity index is 420. The van der Waals surface area contributed by atoms with Gasteiger partial charge in [-0.1, -0.05) is 19.9 Å². The molecule has 1 aromatic rings. The average Bonchev–Trinajstić information content (AvgIpc) is 2.92. The maximum atomic E-state index is 9.90. The van der Waals surface area contributed by atoms with Gasteiger partial charge in [-0.05, 0) is 30.8 Å². The molecule has 1 N–H and O–H groups in total. The van der Waals surface area contributed by atoms with E-state index in [-0.39, 0.29) is 6.79 Å². The fourth-order valence-corrected chi connectivity index (χ4v) is 2.18. The van der Waals surface area contributed by atoms with E-state index >= 15 is 0 Å². The van der Waals surface area contributed by atoms with E-state index in [4.69, 9.17) is 14.2 Å². The summed E-state index contributed by atoms with van der Waals surface area (Å²) < 4.78 is 16.1. The molecule has 2 rings (SSSR count). The van der Waals surface area contributed by atoms with E-state index in [1.54, 1.807) is 0 Å². The van der Waals surface area contributed by atoms with Crippen LogP contribution in [-0.2, 0) is 11.3 Å². The van der Waals surface area contributed by atoms with Gasteiger partial charge in [0.1, 0.15) is 0 Å². The van der Waals surface area contributed by atoms with Crippen molar-refractivity contribution in [3.05, 3.63) is 23.8 Å². The zero-order valence-electron chi connectivity index (χ0n) is 12.2. The van der Waals surface area contributed by atoms with Gasteiger partial charge in [-0.3, -0.25) is 0 Å². The van der Waals surface area contributed by atoms with Crippen molar-refractivity contribution in [2.75, 3.05) is 33.0 Å². The highest BCUT2D eigenvalue weighted by atomic mass is 16.7. The van der Waals surface area contributed by atoms with Crippen molar-refractivity contribution in [3.8, 4) is 11.5 Å². The number of ether oxygens (including phenoxy) is 3. The van der Waals surface area contributed by atoms with Gasteiger partial charge >= 0.3 is 0 Å². The van der Waals surface area contributed by atoms with Crippen LogP contribution in [0.5, 0.6) is 11.5 Å². The molecule has 0 amide bonds. The van der Waals surface area contributed by atoms with Crippen molar-refractivity contribution in [1.82, 2.24) is 4.90 Å². The molecule has 20 heavy (non-hydrogen) atoms. The summed E-state index contributed by atoms with van der Waals surface area (Å²) in [5.41, 5.74) is 1.02. The number of aliphatic hydroxyl groups excluding tert-OH is 1. The minimum Gasteiger partial charge on any atom is -0.454 e. The van der Waals surface area contributed by atoms with Crippen LogP contribution in [0.25, 0.3) is 0 Å². The Morgan fingerprint density at radius 2 is 2.00 bits per heavy atom. The van der Waals surface area contributed by atoms with Crippen LogP contribution < -0.4 is 9.47 Å². The van der Waals surface area contributed by atoms with Gasteiger partial charge in [0.25, 0.3) is 0 Å². The van der Waals surface area contributed by atoms with Crippen LogP contribution in [0, 0.1) is 0 Å². The topological polar surface area (TPSA) is 51.2 Å². The predicted octanol–water partition coefficient (Wildman–Crippen LogP) is 1.63. The Hall–Kier alpha value is -1.30. The molecule has 0 saturated heterocycles. The molecule has 0 spiro atoms. The molecule has 1 unspecified atom stereocenters. The average molecular weight is 281 g/mol. The summed E-state index contributed by atoms with van der Waals surface area (Å²) in [5, 5.41) is 9.90. The third-order valence-corrected chi connectivity index (χ3v) is 3.38. The molecule has 112 valence electrons. The maximum Gasteiger partial charge on any atom is 0.231 e. The highest BCUT2D eigenvalue weighted by Gasteiger charge is 2.13. The van der Waals surface area contributed by atoms with Gasteiger partial charge < -0.3 is 24.2 Å². The molecule has 0 bridgehead atoms. The number of benzene rings is 1. The third kappa shape index (κ3) is 4.10. The molecular formula is C15H23NO4. The maximum absolute atomic E-state index is 9.90. The molecule has 5 nitrogen and oxygen atoms in total. The molecule has 5 heteroatoms. The summed E-state index contributed by atoms with van der Waals surface area (Å²) in [6.45, 7) is 7.78. The van der Waals surface area contributed by atoms with Gasteiger partial charge in [-0.15, -0.1) is 0 Å². The second kappa shape index (κ2) is 7.47. The van der Waals surface area contributed by atoms with Gasteiger partial charge in [-0.25, -0.2) is 0 Å². The summed E-state index contributed by atoms with van der Waals surface area (Å²) in [7, 11) is 0. The smallest absolute Gasteiger partial charge is 0.231 e. The van der Waals surface area contributed by atoms with Crippen molar-refractivity contribution in [2.45, 2.75) is 26.6 Å². The summed E-state index contributed by atoms with van der Waals surface area (Å²) in [6, 6.07) is 5.75. The molecule has 0 fully saturated rings. The van der Waals surface area contributed by atoms with Crippen LogP contribution in [0.3, 0.4) is 0 Å². The van der Waals surface area contributed by atoms with E-state index in [9.17, 15) is 5.11 Å². The van der Waals surface area contributed by atoms with Gasteiger partial charge in [0.2, 0.25) is 6.79 Å². The number of aliphatic hydroxyl groups is 1. The first-order valence-electron chi connectivity index (χ1n) is 7.09. The minimum atomic E-state index is -0.455. The van der Waals surface area contributed by atoms with E-state index in [1.807, 2.05) is 18.2 Å². The van der Waals surface area contributed by atoms with Crippen LogP contribution in [0.4, 0.5) is 0 Å². The molecule has 1 aliphatic rings. The zero-order chi connectivity index (χ0) is 14.4. The van der Waals surface area contributed by atoms with Crippen molar-refractivity contribution in [3.63, 3.8) is 0 Å². The quantitative estimate of drug-likeness (QED) is 0.785. The molecule has 1 heterocycles. The van der Waals surface area contributed by atoms with Gasteiger partial charge in [0.15, 0.2) is 11.5 Å². The molecule has 0 aromatic heterocycles. The first kappa shape index (κ1) is 15.1. The largest absolute Gasteiger partial charge is 0.454 e. The summed E-state index contributed by atoms with van der Waals surface area (Å²) in [4.78, 5) is 2.18. The molecule has 1 aliphatic heterocycles. The summed E-state index contributed by atoms with van der Waals surface area (Å²) in [5.74, 6) is 1.53. The van der Waals surface area contributed by atoms with Crippen molar-refractivity contribution in [2.24, 2.45) is 0 Å². The number of fused-ring (bicyclic) bond motifs is 1. The standard InChI is InChI=1S/C15H23NO4/c1-3-16(4-2)8-13(17)10-18-9-12-5-6-14-15(7-12)20-11-19-14/h5-7,13,17H,3-4,8-11H2,1-2H3. The van der Waals surface area contributed by atoms with Gasteiger partial charge in [-0.2, -0.15) is 0 Å². The van der Waals surface area contributed by atoms with E-state index < -0.39 is 6.10 Å². The fourth-order valence-electron chi connectivity index (χ4n) is 2.18. The number of rotatable bonds is 8. The first-order chi connectivity index (χ1) is 9.72. The Balaban J connectivity index is 1.73. The molecule has 1 atom stereocenters. The van der Waals surface area contributed by atoms with Crippen molar-refractivity contribution >= 4 is 0 Å². The lowest BCUT2D eigenvalue weighted by Crippen LogP contribution is -2.34. The number of hydrogen-bond donors (Lipinski definition) is 1. The van der Waals surface area contributed by atoms with E-state index in [2.05, 4.69) is 18.7 Å². The number of hydrogen-bond acceptors (Lipinski definition) is 5. The Labute approximate surface area is 120 Å². The first-order valence-corrected chi connectivity index (χ1v) is 7.09.